The largest absolute Gasteiger partial charge is 0.370 e. The van der Waals surface area contributed by atoms with Crippen LogP contribution in [-0.2, 0) is 0 Å². The number of aromatic nitrogens is 4. The average molecular weight is 244 g/mol. The molecule has 18 heavy (non-hydrogen) atoms. The van der Waals surface area contributed by atoms with Gasteiger partial charge < -0.3 is 11.1 Å². The van der Waals surface area contributed by atoms with Crippen LogP contribution in [0.25, 0.3) is 5.65 Å². The van der Waals surface area contributed by atoms with Crippen molar-refractivity contribution in [3.63, 3.8) is 0 Å². The highest BCUT2D eigenvalue weighted by Gasteiger charge is 2.12. The lowest BCUT2D eigenvalue weighted by Gasteiger charge is -2.09. The van der Waals surface area contributed by atoms with Crippen LogP contribution in [0.4, 0.5) is 11.8 Å². The summed E-state index contributed by atoms with van der Waals surface area (Å²) in [6.07, 6.45) is 1.02. The molecule has 2 aromatic rings. The zero-order valence-electron chi connectivity index (χ0n) is 10.8. The third-order valence-corrected chi connectivity index (χ3v) is 2.52. The quantitative estimate of drug-likeness (QED) is 0.793. The van der Waals surface area contributed by atoms with Gasteiger partial charge in [0.2, 0.25) is 11.8 Å². The fourth-order valence-corrected chi connectivity index (χ4v) is 1.65. The Bertz CT molecular complexity index is 631. The van der Waals surface area contributed by atoms with Crippen LogP contribution in [0.15, 0.2) is 0 Å². The van der Waals surface area contributed by atoms with E-state index >= 15 is 0 Å². The molecule has 0 fully saturated rings. The summed E-state index contributed by atoms with van der Waals surface area (Å²) in [5.41, 5.74) is 7.49. The molecular weight excluding hydrogens is 228 g/mol. The first-order valence-electron chi connectivity index (χ1n) is 5.86. The lowest BCUT2D eigenvalue weighted by Crippen LogP contribution is -2.10. The van der Waals surface area contributed by atoms with Gasteiger partial charge in [0.05, 0.1) is 0 Å². The third kappa shape index (κ3) is 2.07. The molecule has 0 unspecified atom stereocenters. The van der Waals surface area contributed by atoms with E-state index in [0.717, 1.165) is 24.3 Å². The van der Waals surface area contributed by atoms with Crippen molar-refractivity contribution in [1.29, 1.82) is 0 Å². The molecule has 94 valence electrons. The van der Waals surface area contributed by atoms with Crippen LogP contribution < -0.4 is 11.1 Å². The van der Waals surface area contributed by atoms with Gasteiger partial charge in [-0.3, -0.25) is 0 Å². The van der Waals surface area contributed by atoms with E-state index in [1.807, 2.05) is 6.92 Å². The number of hydrogen-bond donors (Lipinski definition) is 2. The van der Waals surface area contributed by atoms with Gasteiger partial charge >= 0.3 is 0 Å². The molecule has 0 aliphatic heterocycles. The minimum atomic E-state index is 0.311. The van der Waals surface area contributed by atoms with Crippen LogP contribution in [-0.4, -0.2) is 26.1 Å². The van der Waals surface area contributed by atoms with Crippen LogP contribution in [0.2, 0.25) is 0 Å². The van der Waals surface area contributed by atoms with E-state index in [2.05, 4.69) is 39.1 Å². The Morgan fingerprint density at radius 1 is 1.39 bits per heavy atom. The molecule has 2 rings (SSSR count). The van der Waals surface area contributed by atoms with Crippen molar-refractivity contribution in [1.82, 2.24) is 19.6 Å². The van der Waals surface area contributed by atoms with Crippen LogP contribution in [0.1, 0.15) is 31.7 Å². The topological polar surface area (TPSA) is 81.1 Å². The number of nitrogen functional groups attached to an aromatic ring is 1. The van der Waals surface area contributed by atoms with Gasteiger partial charge in [-0.05, 0) is 26.2 Å². The van der Waals surface area contributed by atoms with Gasteiger partial charge in [0, 0.05) is 12.1 Å². The van der Waals surface area contributed by atoms with Gasteiger partial charge in [-0.25, -0.2) is 0 Å². The first-order chi connectivity index (χ1) is 8.67. The van der Waals surface area contributed by atoms with Crippen LogP contribution in [0.3, 0.4) is 0 Å². The van der Waals surface area contributed by atoms with Gasteiger partial charge in [-0.1, -0.05) is 12.8 Å². The normalized spacial score (nSPS) is 10.2. The maximum absolute atomic E-state index is 5.87. The molecule has 3 N–H and O–H groups in total. The summed E-state index contributed by atoms with van der Waals surface area (Å²) in [7, 11) is 0. The van der Waals surface area contributed by atoms with E-state index in [4.69, 9.17) is 5.73 Å². The van der Waals surface area contributed by atoms with Crippen LogP contribution in [0.5, 0.6) is 0 Å². The number of rotatable bonds is 3. The SMILES string of the molecule is CC#Cc1nc2c(C)c(NCCC)nc(N)n2n1. The lowest BCUT2D eigenvalue weighted by molar-refractivity contribution is 0.913. The summed E-state index contributed by atoms with van der Waals surface area (Å²) in [4.78, 5) is 8.64. The number of nitrogens with zero attached hydrogens (tertiary/aromatic N) is 4. The minimum Gasteiger partial charge on any atom is -0.370 e. The molecule has 0 bridgehead atoms. The molecule has 2 aromatic heterocycles. The maximum atomic E-state index is 5.87. The highest BCUT2D eigenvalue weighted by molar-refractivity contribution is 5.62. The van der Waals surface area contributed by atoms with E-state index in [1.165, 1.54) is 4.52 Å². The van der Waals surface area contributed by atoms with E-state index in [1.54, 1.807) is 6.92 Å². The van der Waals surface area contributed by atoms with E-state index < -0.39 is 0 Å². The van der Waals surface area contributed by atoms with Gasteiger partial charge in [-0.15, -0.1) is 5.10 Å². The Hall–Kier alpha value is -2.29. The molecule has 0 spiro atoms. The molecule has 0 radical (unpaired) electrons. The summed E-state index contributed by atoms with van der Waals surface area (Å²) in [5, 5.41) is 7.43. The molecule has 0 aliphatic rings. The summed E-state index contributed by atoms with van der Waals surface area (Å²) < 4.78 is 1.52. The number of anilines is 2. The zero-order valence-corrected chi connectivity index (χ0v) is 10.8. The second-order valence-electron chi connectivity index (χ2n) is 3.92. The maximum Gasteiger partial charge on any atom is 0.226 e. The third-order valence-electron chi connectivity index (χ3n) is 2.52. The molecule has 0 aromatic carbocycles. The van der Waals surface area contributed by atoms with E-state index in [0.29, 0.717) is 17.4 Å². The molecule has 0 saturated carbocycles. The Morgan fingerprint density at radius 2 is 2.17 bits per heavy atom. The highest BCUT2D eigenvalue weighted by Crippen LogP contribution is 2.19. The van der Waals surface area contributed by atoms with Crippen molar-refractivity contribution in [2.75, 3.05) is 17.6 Å². The Kier molecular flexibility index (Phi) is 3.33. The predicted octanol–water partition coefficient (Wildman–Crippen LogP) is 1.21. The number of nitrogens with two attached hydrogens (primary N) is 1. The summed E-state index contributed by atoms with van der Waals surface area (Å²) >= 11 is 0. The van der Waals surface area contributed by atoms with Crippen molar-refractivity contribution in [2.45, 2.75) is 27.2 Å². The first-order valence-corrected chi connectivity index (χ1v) is 5.86. The summed E-state index contributed by atoms with van der Waals surface area (Å²) in [6, 6.07) is 0. The number of fused-ring (bicyclic) bond motifs is 1. The summed E-state index contributed by atoms with van der Waals surface area (Å²) in [5.74, 6) is 7.11. The van der Waals surface area contributed by atoms with Gasteiger partial charge in [0.25, 0.3) is 0 Å². The van der Waals surface area contributed by atoms with Crippen molar-refractivity contribution in [3.8, 4) is 11.8 Å². The van der Waals surface area contributed by atoms with Gasteiger partial charge in [-0.2, -0.15) is 14.5 Å². The molecule has 0 amide bonds. The summed E-state index contributed by atoms with van der Waals surface area (Å²) in [6.45, 7) is 6.63. The van der Waals surface area contributed by atoms with Crippen LogP contribution in [0, 0.1) is 18.8 Å². The minimum absolute atomic E-state index is 0.311. The molecule has 6 heteroatoms. The van der Waals surface area contributed by atoms with Crippen molar-refractivity contribution in [3.05, 3.63) is 11.4 Å². The second kappa shape index (κ2) is 4.92. The average Bonchev–Trinajstić information content (AvgIpc) is 2.77. The molecule has 6 nitrogen and oxygen atoms in total. The monoisotopic (exact) mass is 244 g/mol. The Morgan fingerprint density at radius 3 is 2.83 bits per heavy atom. The molecule has 2 heterocycles. The number of aryl methyl sites for hydroxylation is 1. The smallest absolute Gasteiger partial charge is 0.226 e. The zero-order chi connectivity index (χ0) is 13.1. The molecule has 0 aliphatic carbocycles. The second-order valence-corrected chi connectivity index (χ2v) is 3.92. The van der Waals surface area contributed by atoms with Gasteiger partial charge in [0.1, 0.15) is 5.82 Å². The Labute approximate surface area is 106 Å². The van der Waals surface area contributed by atoms with E-state index in [9.17, 15) is 0 Å². The predicted molar refractivity (Wildman–Crippen MR) is 71.3 cm³/mol. The van der Waals surface area contributed by atoms with E-state index in [-0.39, 0.29) is 0 Å². The lowest BCUT2D eigenvalue weighted by atomic mass is 10.3. The molecule has 0 saturated heterocycles. The first kappa shape index (κ1) is 12.2. The van der Waals surface area contributed by atoms with Crippen molar-refractivity contribution >= 4 is 17.4 Å². The molecular formula is C12H16N6. The standard InChI is InChI=1S/C12H16N6/c1-4-6-9-15-11-8(3)10(14-7-5-2)16-12(13)18(11)17-9/h14H,5,7H2,1-3H3,(H2,13,16). The van der Waals surface area contributed by atoms with Crippen molar-refractivity contribution in [2.24, 2.45) is 0 Å². The molecule has 0 atom stereocenters. The fraction of sp³-hybridized carbons (Fsp3) is 0.417. The fourth-order valence-electron chi connectivity index (χ4n) is 1.65. The van der Waals surface area contributed by atoms with Crippen LogP contribution >= 0.6 is 0 Å². The Balaban J connectivity index is 2.57. The highest BCUT2D eigenvalue weighted by atomic mass is 15.4. The number of hydrogen-bond acceptors (Lipinski definition) is 5. The van der Waals surface area contributed by atoms with Gasteiger partial charge in [0.15, 0.2) is 5.65 Å². The van der Waals surface area contributed by atoms with Crippen molar-refractivity contribution < 1.29 is 0 Å². The number of nitrogens with one attached hydrogen (secondary N) is 1.